The Labute approximate surface area is 131 Å². The second-order valence-corrected chi connectivity index (χ2v) is 7.38. The van der Waals surface area contributed by atoms with Gasteiger partial charge in [-0.15, -0.1) is 24.2 Å². The van der Waals surface area contributed by atoms with E-state index in [2.05, 4.69) is 17.0 Å². The Bertz CT molecular complexity index is 537. The van der Waals surface area contributed by atoms with Crippen molar-refractivity contribution in [3.8, 4) is 0 Å². The average molecular weight is 337 g/mol. The minimum absolute atomic E-state index is 0. The number of hydrogen-bond acceptors (Lipinski definition) is 4. The van der Waals surface area contributed by atoms with Crippen molar-refractivity contribution in [3.05, 3.63) is 24.3 Å². The second kappa shape index (κ2) is 7.66. The van der Waals surface area contributed by atoms with Crippen LogP contribution in [0.1, 0.15) is 13.3 Å². The number of rotatable bonds is 4. The predicted molar refractivity (Wildman–Crippen MR) is 86.2 cm³/mol. The van der Waals surface area contributed by atoms with Gasteiger partial charge in [0.2, 0.25) is 10.0 Å². The lowest BCUT2D eigenvalue weighted by molar-refractivity contribution is 0.328. The minimum atomic E-state index is -3.43. The monoisotopic (exact) mass is 336 g/mol. The van der Waals surface area contributed by atoms with Crippen molar-refractivity contribution in [2.75, 3.05) is 19.3 Å². The summed E-state index contributed by atoms with van der Waals surface area (Å²) < 4.78 is 27.8. The van der Waals surface area contributed by atoms with Crippen LogP contribution < -0.4 is 10.0 Å². The average Bonchev–Trinajstić information content (AvgIpc) is 2.41. The fourth-order valence-corrected chi connectivity index (χ4v) is 4.82. The Morgan fingerprint density at radius 1 is 1.35 bits per heavy atom. The Hall–Kier alpha value is -0.270. The first-order valence-corrected chi connectivity index (χ1v) is 9.11. The molecule has 20 heavy (non-hydrogen) atoms. The number of halogens is 1. The van der Waals surface area contributed by atoms with Crippen molar-refractivity contribution >= 4 is 34.2 Å². The summed E-state index contributed by atoms with van der Waals surface area (Å²) in [6, 6.07) is 7.14. The molecule has 1 aliphatic rings. The maximum Gasteiger partial charge on any atom is 0.241 e. The van der Waals surface area contributed by atoms with E-state index >= 15 is 0 Å². The molecule has 0 amide bonds. The van der Waals surface area contributed by atoms with Crippen molar-refractivity contribution in [2.24, 2.45) is 5.92 Å². The fourth-order valence-electron chi connectivity index (χ4n) is 2.29. The van der Waals surface area contributed by atoms with Gasteiger partial charge >= 0.3 is 0 Å². The zero-order valence-corrected chi connectivity index (χ0v) is 14.1. The largest absolute Gasteiger partial charge is 0.316 e. The zero-order valence-electron chi connectivity index (χ0n) is 11.6. The highest BCUT2D eigenvalue weighted by Gasteiger charge is 2.27. The molecule has 114 valence electrons. The van der Waals surface area contributed by atoms with Crippen molar-refractivity contribution < 1.29 is 8.42 Å². The topological polar surface area (TPSA) is 58.2 Å². The molecule has 1 aromatic rings. The van der Waals surface area contributed by atoms with Crippen molar-refractivity contribution in [3.63, 3.8) is 0 Å². The molecular weight excluding hydrogens is 316 g/mol. The number of piperidine rings is 1. The van der Waals surface area contributed by atoms with Crippen LogP contribution in [0, 0.1) is 5.92 Å². The molecule has 0 radical (unpaired) electrons. The highest BCUT2D eigenvalue weighted by atomic mass is 35.5. The lowest BCUT2D eigenvalue weighted by Gasteiger charge is -2.30. The molecular formula is C13H21ClN2O2S2. The van der Waals surface area contributed by atoms with E-state index in [-0.39, 0.29) is 18.4 Å². The number of nitrogens with one attached hydrogen (secondary N) is 2. The molecule has 1 aliphatic heterocycles. The molecule has 1 saturated heterocycles. The van der Waals surface area contributed by atoms with Crippen LogP contribution in [0.3, 0.4) is 0 Å². The third kappa shape index (κ3) is 4.11. The van der Waals surface area contributed by atoms with Gasteiger partial charge in [0, 0.05) is 10.9 Å². The van der Waals surface area contributed by atoms with Crippen molar-refractivity contribution in [1.29, 1.82) is 0 Å². The van der Waals surface area contributed by atoms with Crippen LogP contribution in [0.25, 0.3) is 0 Å². The Balaban J connectivity index is 0.00000200. The quantitative estimate of drug-likeness (QED) is 0.827. The summed E-state index contributed by atoms with van der Waals surface area (Å²) in [6.07, 6.45) is 2.73. The third-order valence-corrected chi connectivity index (χ3v) is 5.92. The number of hydrogen-bond donors (Lipinski definition) is 2. The van der Waals surface area contributed by atoms with E-state index in [1.807, 2.05) is 18.4 Å². The molecule has 0 bridgehead atoms. The summed E-state index contributed by atoms with van der Waals surface area (Å²) in [4.78, 5) is 1.17. The summed E-state index contributed by atoms with van der Waals surface area (Å²) in [5.41, 5.74) is 0. The molecule has 2 rings (SSSR count). The first-order valence-electron chi connectivity index (χ1n) is 6.40. The van der Waals surface area contributed by atoms with Gasteiger partial charge in [-0.05, 0) is 43.8 Å². The van der Waals surface area contributed by atoms with E-state index in [1.54, 1.807) is 12.1 Å². The van der Waals surface area contributed by atoms with Gasteiger partial charge in [0.05, 0.1) is 4.90 Å². The van der Waals surface area contributed by atoms with Crippen LogP contribution in [-0.2, 0) is 10.0 Å². The molecule has 2 atom stereocenters. The summed E-state index contributed by atoms with van der Waals surface area (Å²) >= 11 is 1.45. The smallest absolute Gasteiger partial charge is 0.241 e. The van der Waals surface area contributed by atoms with E-state index in [4.69, 9.17) is 0 Å². The van der Waals surface area contributed by atoms with Crippen LogP contribution in [0.4, 0.5) is 0 Å². The molecule has 0 saturated carbocycles. The van der Waals surface area contributed by atoms with Crippen molar-refractivity contribution in [1.82, 2.24) is 10.0 Å². The van der Waals surface area contributed by atoms with Gasteiger partial charge in [-0.1, -0.05) is 19.1 Å². The Kier molecular flexibility index (Phi) is 6.81. The highest BCUT2D eigenvalue weighted by molar-refractivity contribution is 7.99. The Morgan fingerprint density at radius 2 is 2.05 bits per heavy atom. The van der Waals surface area contributed by atoms with Gasteiger partial charge in [-0.25, -0.2) is 13.1 Å². The molecule has 1 fully saturated rings. The predicted octanol–water partition coefficient (Wildman–Crippen LogP) is 2.11. The summed E-state index contributed by atoms with van der Waals surface area (Å²) in [5.74, 6) is 0.310. The number of thioether (sulfide) groups is 1. The highest BCUT2D eigenvalue weighted by Crippen LogP contribution is 2.25. The molecule has 7 heteroatoms. The van der Waals surface area contributed by atoms with E-state index in [0.717, 1.165) is 24.4 Å². The van der Waals surface area contributed by atoms with Gasteiger partial charge < -0.3 is 5.32 Å². The number of sulfonamides is 1. The van der Waals surface area contributed by atoms with E-state index in [0.29, 0.717) is 10.8 Å². The molecule has 2 unspecified atom stereocenters. The maximum atomic E-state index is 12.5. The molecule has 0 aromatic heterocycles. The maximum absolute atomic E-state index is 12.5. The summed E-state index contributed by atoms with van der Waals surface area (Å²) in [7, 11) is -3.43. The molecule has 1 aromatic carbocycles. The van der Waals surface area contributed by atoms with Crippen LogP contribution in [0.5, 0.6) is 0 Å². The molecule has 1 heterocycles. The van der Waals surface area contributed by atoms with Crippen LogP contribution in [0.15, 0.2) is 34.1 Å². The van der Waals surface area contributed by atoms with E-state index in [9.17, 15) is 8.42 Å². The van der Waals surface area contributed by atoms with E-state index in [1.165, 1.54) is 11.8 Å². The first kappa shape index (κ1) is 17.8. The van der Waals surface area contributed by atoms with Gasteiger partial charge in [0.1, 0.15) is 0 Å². The van der Waals surface area contributed by atoms with Gasteiger partial charge in [0.25, 0.3) is 0 Å². The van der Waals surface area contributed by atoms with Gasteiger partial charge in [-0.3, -0.25) is 0 Å². The SMILES string of the molecule is CSc1ccccc1S(=O)(=O)NC1CCNCC1C.Cl. The summed E-state index contributed by atoms with van der Waals surface area (Å²) in [6.45, 7) is 3.79. The number of benzene rings is 1. The van der Waals surface area contributed by atoms with Crippen LogP contribution in [0.2, 0.25) is 0 Å². The molecule has 0 aliphatic carbocycles. The molecule has 0 spiro atoms. The van der Waals surface area contributed by atoms with Gasteiger partial charge in [-0.2, -0.15) is 0 Å². The summed E-state index contributed by atoms with van der Waals surface area (Å²) in [5, 5.41) is 3.27. The van der Waals surface area contributed by atoms with Gasteiger partial charge in [0.15, 0.2) is 0 Å². The minimum Gasteiger partial charge on any atom is -0.316 e. The normalized spacial score (nSPS) is 23.1. The van der Waals surface area contributed by atoms with Crippen molar-refractivity contribution in [2.45, 2.75) is 29.2 Å². The Morgan fingerprint density at radius 3 is 2.70 bits per heavy atom. The lowest BCUT2D eigenvalue weighted by Crippen LogP contribution is -2.48. The third-order valence-electron chi connectivity index (χ3n) is 3.45. The van der Waals surface area contributed by atoms with Crippen LogP contribution >= 0.6 is 24.2 Å². The molecule has 2 N–H and O–H groups in total. The van der Waals surface area contributed by atoms with Crippen LogP contribution in [-0.4, -0.2) is 33.8 Å². The standard InChI is InChI=1S/C13H20N2O2S2.ClH/c1-10-9-14-8-7-11(10)15-19(16,17)13-6-4-3-5-12(13)18-2;/h3-6,10-11,14-15H,7-9H2,1-2H3;1H. The van der Waals surface area contributed by atoms with E-state index < -0.39 is 10.0 Å². The lowest BCUT2D eigenvalue weighted by atomic mass is 9.97. The zero-order chi connectivity index (χ0) is 13.9. The second-order valence-electron chi connectivity index (χ2n) is 4.85. The first-order chi connectivity index (χ1) is 9.04. The fraction of sp³-hybridized carbons (Fsp3) is 0.538. The molecule has 4 nitrogen and oxygen atoms in total.